The highest BCUT2D eigenvalue weighted by Crippen LogP contribution is 2.17. The fourth-order valence-corrected chi connectivity index (χ4v) is 1.09. The number of para-hydroxylation sites is 1. The number of carbonyl (C=O) groups is 1. The third-order valence-corrected chi connectivity index (χ3v) is 2.00. The second-order valence-electron chi connectivity index (χ2n) is 3.54. The SMILES string of the molecule is C[C@H](OCC(F)(F)F)C(=O)Nc1ccccc1F. The highest BCUT2D eigenvalue weighted by atomic mass is 19.4. The van der Waals surface area contributed by atoms with Crippen molar-refractivity contribution in [2.45, 2.75) is 19.2 Å². The molecule has 1 amide bonds. The predicted octanol–water partition coefficient (Wildman–Crippen LogP) is 2.73. The van der Waals surface area contributed by atoms with Gasteiger partial charge in [-0.05, 0) is 19.1 Å². The summed E-state index contributed by atoms with van der Waals surface area (Å²) in [5.41, 5.74) is -0.107. The molecule has 1 atom stereocenters. The van der Waals surface area contributed by atoms with Gasteiger partial charge < -0.3 is 10.1 Å². The first-order chi connectivity index (χ1) is 8.29. The standard InChI is InChI=1S/C11H11F4NO2/c1-7(18-6-11(13,14)15)10(17)16-9-5-3-2-4-8(9)12/h2-5,7H,6H2,1H3,(H,16,17)/t7-/m0/s1. The van der Waals surface area contributed by atoms with Gasteiger partial charge in [-0.25, -0.2) is 4.39 Å². The molecule has 0 saturated heterocycles. The Morgan fingerprint density at radius 1 is 1.39 bits per heavy atom. The van der Waals surface area contributed by atoms with E-state index in [1.165, 1.54) is 18.2 Å². The van der Waals surface area contributed by atoms with Gasteiger partial charge in [-0.1, -0.05) is 12.1 Å². The third-order valence-electron chi connectivity index (χ3n) is 2.00. The molecule has 1 aromatic rings. The largest absolute Gasteiger partial charge is 0.411 e. The number of alkyl halides is 3. The summed E-state index contributed by atoms with van der Waals surface area (Å²) in [5.74, 6) is -1.52. The molecule has 0 radical (unpaired) electrons. The van der Waals surface area contributed by atoms with Crippen molar-refractivity contribution < 1.29 is 27.1 Å². The van der Waals surface area contributed by atoms with E-state index in [1.807, 2.05) is 0 Å². The van der Waals surface area contributed by atoms with E-state index in [2.05, 4.69) is 10.1 Å². The van der Waals surface area contributed by atoms with E-state index >= 15 is 0 Å². The molecule has 0 aromatic heterocycles. The van der Waals surface area contributed by atoms with Crippen molar-refractivity contribution in [2.24, 2.45) is 0 Å². The van der Waals surface area contributed by atoms with Crippen molar-refractivity contribution >= 4 is 11.6 Å². The Kier molecular flexibility index (Phi) is 4.66. The normalized spacial score (nSPS) is 13.2. The van der Waals surface area contributed by atoms with Gasteiger partial charge in [0.1, 0.15) is 18.5 Å². The average molecular weight is 265 g/mol. The van der Waals surface area contributed by atoms with Crippen LogP contribution in [0.5, 0.6) is 0 Å². The number of ether oxygens (including phenoxy) is 1. The molecule has 0 bridgehead atoms. The molecule has 0 aliphatic rings. The van der Waals surface area contributed by atoms with Crippen LogP contribution in [-0.2, 0) is 9.53 Å². The number of carbonyl (C=O) groups excluding carboxylic acids is 1. The Hall–Kier alpha value is -1.63. The van der Waals surface area contributed by atoms with E-state index < -0.39 is 30.6 Å². The summed E-state index contributed by atoms with van der Waals surface area (Å²) in [7, 11) is 0. The van der Waals surface area contributed by atoms with Crippen molar-refractivity contribution in [3.63, 3.8) is 0 Å². The van der Waals surface area contributed by atoms with Crippen LogP contribution < -0.4 is 5.32 Å². The lowest BCUT2D eigenvalue weighted by atomic mass is 10.3. The first-order valence-corrected chi connectivity index (χ1v) is 5.03. The lowest BCUT2D eigenvalue weighted by Gasteiger charge is -2.14. The zero-order chi connectivity index (χ0) is 13.8. The zero-order valence-corrected chi connectivity index (χ0v) is 9.42. The van der Waals surface area contributed by atoms with E-state index in [1.54, 1.807) is 0 Å². The first-order valence-electron chi connectivity index (χ1n) is 5.03. The molecule has 0 spiro atoms. The predicted molar refractivity (Wildman–Crippen MR) is 56.5 cm³/mol. The van der Waals surface area contributed by atoms with Gasteiger partial charge in [-0.15, -0.1) is 0 Å². The van der Waals surface area contributed by atoms with E-state index in [9.17, 15) is 22.4 Å². The molecule has 1 N–H and O–H groups in total. The number of hydrogen-bond donors (Lipinski definition) is 1. The highest BCUT2D eigenvalue weighted by Gasteiger charge is 2.30. The van der Waals surface area contributed by atoms with Crippen LogP contribution >= 0.6 is 0 Å². The number of benzene rings is 1. The van der Waals surface area contributed by atoms with Gasteiger partial charge in [0.25, 0.3) is 5.91 Å². The Bertz CT molecular complexity index is 420. The van der Waals surface area contributed by atoms with Crippen LogP contribution in [-0.4, -0.2) is 24.8 Å². The molecule has 3 nitrogen and oxygen atoms in total. The lowest BCUT2D eigenvalue weighted by molar-refractivity contribution is -0.184. The van der Waals surface area contributed by atoms with Gasteiger partial charge >= 0.3 is 6.18 Å². The molecule has 0 aliphatic carbocycles. The molecule has 18 heavy (non-hydrogen) atoms. The molecule has 100 valence electrons. The van der Waals surface area contributed by atoms with Crippen LogP contribution in [0, 0.1) is 5.82 Å². The smallest absolute Gasteiger partial charge is 0.359 e. The number of hydrogen-bond acceptors (Lipinski definition) is 2. The maximum atomic E-state index is 13.2. The molecule has 0 unspecified atom stereocenters. The lowest BCUT2D eigenvalue weighted by Crippen LogP contribution is -2.31. The maximum Gasteiger partial charge on any atom is 0.411 e. The van der Waals surface area contributed by atoms with E-state index in [4.69, 9.17) is 0 Å². The third kappa shape index (κ3) is 4.70. The van der Waals surface area contributed by atoms with Gasteiger partial charge in [0, 0.05) is 0 Å². The molecular weight excluding hydrogens is 254 g/mol. The number of amides is 1. The summed E-state index contributed by atoms with van der Waals surface area (Å²) in [6.07, 6.45) is -5.83. The summed E-state index contributed by atoms with van der Waals surface area (Å²) in [4.78, 5) is 11.4. The summed E-state index contributed by atoms with van der Waals surface area (Å²) in [5, 5.41) is 2.14. The van der Waals surface area contributed by atoms with E-state index in [-0.39, 0.29) is 5.69 Å². The molecule has 0 fully saturated rings. The number of halogens is 4. The topological polar surface area (TPSA) is 38.3 Å². The van der Waals surface area contributed by atoms with Crippen molar-refractivity contribution in [1.82, 2.24) is 0 Å². The quantitative estimate of drug-likeness (QED) is 0.850. The summed E-state index contributed by atoms with van der Waals surface area (Å²) < 4.78 is 53.0. The first kappa shape index (κ1) is 14.4. The maximum absolute atomic E-state index is 13.2. The molecule has 7 heteroatoms. The molecule has 0 aliphatic heterocycles. The van der Waals surface area contributed by atoms with Crippen LogP contribution in [0.15, 0.2) is 24.3 Å². The van der Waals surface area contributed by atoms with E-state index in [0.717, 1.165) is 13.0 Å². The van der Waals surface area contributed by atoms with E-state index in [0.29, 0.717) is 0 Å². The van der Waals surface area contributed by atoms with Crippen LogP contribution in [0.1, 0.15) is 6.92 Å². The fourth-order valence-electron chi connectivity index (χ4n) is 1.09. The molecule has 0 saturated carbocycles. The second-order valence-corrected chi connectivity index (χ2v) is 3.54. The van der Waals surface area contributed by atoms with Crippen molar-refractivity contribution in [3.05, 3.63) is 30.1 Å². The van der Waals surface area contributed by atoms with Crippen LogP contribution in [0.3, 0.4) is 0 Å². The van der Waals surface area contributed by atoms with Crippen molar-refractivity contribution in [2.75, 3.05) is 11.9 Å². The van der Waals surface area contributed by atoms with Gasteiger partial charge in [0.2, 0.25) is 0 Å². The van der Waals surface area contributed by atoms with Crippen LogP contribution in [0.4, 0.5) is 23.2 Å². The minimum absolute atomic E-state index is 0.107. The second kappa shape index (κ2) is 5.81. The van der Waals surface area contributed by atoms with Gasteiger partial charge in [-0.2, -0.15) is 13.2 Å². The summed E-state index contributed by atoms with van der Waals surface area (Å²) >= 11 is 0. The number of rotatable bonds is 4. The van der Waals surface area contributed by atoms with Crippen LogP contribution in [0.2, 0.25) is 0 Å². The number of anilines is 1. The van der Waals surface area contributed by atoms with Gasteiger partial charge in [0.05, 0.1) is 5.69 Å². The van der Waals surface area contributed by atoms with Crippen molar-refractivity contribution in [1.29, 1.82) is 0 Å². The minimum atomic E-state index is -4.51. The summed E-state index contributed by atoms with van der Waals surface area (Å²) in [6.45, 7) is -0.374. The average Bonchev–Trinajstić information content (AvgIpc) is 2.28. The van der Waals surface area contributed by atoms with Gasteiger partial charge in [-0.3, -0.25) is 4.79 Å². The highest BCUT2D eigenvalue weighted by molar-refractivity contribution is 5.93. The summed E-state index contributed by atoms with van der Waals surface area (Å²) in [6, 6.07) is 5.33. The number of nitrogens with one attached hydrogen (secondary N) is 1. The Labute approximate surface area is 101 Å². The Morgan fingerprint density at radius 3 is 2.56 bits per heavy atom. The fraction of sp³-hybridized carbons (Fsp3) is 0.364. The Morgan fingerprint density at radius 2 is 2.00 bits per heavy atom. The minimum Gasteiger partial charge on any atom is -0.359 e. The monoisotopic (exact) mass is 265 g/mol. The molecule has 1 aromatic carbocycles. The van der Waals surface area contributed by atoms with Gasteiger partial charge in [0.15, 0.2) is 0 Å². The molecule has 1 rings (SSSR count). The Balaban J connectivity index is 2.53. The zero-order valence-electron chi connectivity index (χ0n) is 9.42. The van der Waals surface area contributed by atoms with Crippen LogP contribution in [0.25, 0.3) is 0 Å². The van der Waals surface area contributed by atoms with Crippen molar-refractivity contribution in [3.8, 4) is 0 Å². The molecular formula is C11H11F4NO2. The molecule has 0 heterocycles.